The highest BCUT2D eigenvalue weighted by Gasteiger charge is 2.08. The molecule has 29 heavy (non-hydrogen) atoms. The third-order valence-corrected chi connectivity index (χ3v) is 4.94. The fourth-order valence-electron chi connectivity index (χ4n) is 2.92. The zero-order chi connectivity index (χ0) is 20.2. The maximum absolute atomic E-state index is 12.5. The number of rotatable bonds is 5. The van der Waals surface area contributed by atoms with Crippen molar-refractivity contribution in [2.45, 2.75) is 13.5 Å². The molecule has 0 unspecified atom stereocenters. The number of halogens is 1. The minimum atomic E-state index is -0.180. The molecule has 0 fully saturated rings. The Bertz CT molecular complexity index is 1170. The van der Waals surface area contributed by atoms with Crippen molar-refractivity contribution >= 4 is 34.1 Å². The maximum Gasteiger partial charge on any atom is 0.255 e. The van der Waals surface area contributed by atoms with E-state index in [0.717, 1.165) is 22.0 Å². The Morgan fingerprint density at radius 2 is 1.83 bits per heavy atom. The summed E-state index contributed by atoms with van der Waals surface area (Å²) in [7, 11) is 0. The van der Waals surface area contributed by atoms with Crippen LogP contribution in [0.2, 0.25) is 5.02 Å². The molecule has 0 spiro atoms. The van der Waals surface area contributed by atoms with E-state index in [4.69, 9.17) is 16.3 Å². The number of carbonyl (C=O) groups excluding carboxylic acids is 1. The molecular weight excluding hydrogens is 386 g/mol. The van der Waals surface area contributed by atoms with Crippen LogP contribution in [0.4, 0.5) is 5.69 Å². The van der Waals surface area contributed by atoms with E-state index in [9.17, 15) is 4.79 Å². The van der Waals surface area contributed by atoms with Crippen LogP contribution in [-0.4, -0.2) is 15.9 Å². The number of hydrogen-bond acceptors (Lipinski definition) is 4. The molecule has 1 amide bonds. The lowest BCUT2D eigenvalue weighted by Crippen LogP contribution is -2.12. The van der Waals surface area contributed by atoms with Crippen LogP contribution >= 0.6 is 11.6 Å². The number of amides is 1. The molecule has 0 atom stereocenters. The molecule has 0 radical (unpaired) electrons. The van der Waals surface area contributed by atoms with E-state index in [1.807, 2.05) is 49.4 Å². The minimum absolute atomic E-state index is 0.180. The molecule has 3 aromatic carbocycles. The van der Waals surface area contributed by atoms with E-state index in [1.54, 1.807) is 24.3 Å². The van der Waals surface area contributed by atoms with E-state index < -0.39 is 0 Å². The van der Waals surface area contributed by atoms with Crippen LogP contribution in [0, 0.1) is 6.92 Å². The van der Waals surface area contributed by atoms with Gasteiger partial charge in [0.1, 0.15) is 12.9 Å². The van der Waals surface area contributed by atoms with Crippen molar-refractivity contribution in [3.8, 4) is 5.88 Å². The molecule has 6 heteroatoms. The van der Waals surface area contributed by atoms with Gasteiger partial charge in [0.2, 0.25) is 5.88 Å². The largest absolute Gasteiger partial charge is 0.472 e. The molecule has 4 aromatic rings. The van der Waals surface area contributed by atoms with Crippen molar-refractivity contribution < 1.29 is 9.53 Å². The smallest absolute Gasteiger partial charge is 0.255 e. The molecule has 0 aliphatic rings. The number of nitrogens with zero attached hydrogens (tertiary/aromatic N) is 2. The Kier molecular flexibility index (Phi) is 5.40. The molecule has 0 saturated heterocycles. The van der Waals surface area contributed by atoms with Gasteiger partial charge in [-0.15, -0.1) is 0 Å². The topological polar surface area (TPSA) is 64.1 Å². The van der Waals surface area contributed by atoms with Gasteiger partial charge < -0.3 is 10.1 Å². The number of aromatic nitrogens is 2. The highest BCUT2D eigenvalue weighted by atomic mass is 35.5. The van der Waals surface area contributed by atoms with Gasteiger partial charge >= 0.3 is 0 Å². The summed E-state index contributed by atoms with van der Waals surface area (Å²) in [5.74, 6) is 0.358. The van der Waals surface area contributed by atoms with Crippen molar-refractivity contribution in [1.29, 1.82) is 0 Å². The number of carbonyl (C=O) groups is 1. The third kappa shape index (κ3) is 4.36. The average molecular weight is 404 g/mol. The summed E-state index contributed by atoms with van der Waals surface area (Å²) < 4.78 is 5.86. The first-order chi connectivity index (χ1) is 14.1. The van der Waals surface area contributed by atoms with Crippen molar-refractivity contribution in [2.24, 2.45) is 0 Å². The average Bonchev–Trinajstić information content (AvgIpc) is 2.75. The molecule has 1 aromatic heterocycles. The molecule has 4 rings (SSSR count). The zero-order valence-electron chi connectivity index (χ0n) is 15.7. The summed E-state index contributed by atoms with van der Waals surface area (Å²) >= 11 is 6.03. The summed E-state index contributed by atoms with van der Waals surface area (Å²) in [6, 6.07) is 20.4. The number of benzene rings is 3. The summed E-state index contributed by atoms with van der Waals surface area (Å²) in [4.78, 5) is 20.9. The number of aryl methyl sites for hydroxylation is 1. The fraction of sp³-hybridized carbons (Fsp3) is 0.0870. The van der Waals surface area contributed by atoms with E-state index in [1.165, 1.54) is 6.33 Å². The maximum atomic E-state index is 12.5. The first kappa shape index (κ1) is 18.9. The first-order valence-corrected chi connectivity index (χ1v) is 9.47. The second kappa shape index (κ2) is 8.29. The van der Waals surface area contributed by atoms with Crippen LogP contribution in [0.1, 0.15) is 21.5 Å². The Labute approximate surface area is 173 Å². The number of fused-ring (bicyclic) bond motifs is 1. The lowest BCUT2D eigenvalue weighted by Gasteiger charge is -2.09. The highest BCUT2D eigenvalue weighted by molar-refractivity contribution is 6.31. The molecule has 144 valence electrons. The van der Waals surface area contributed by atoms with Gasteiger partial charge in [-0.25, -0.2) is 9.97 Å². The lowest BCUT2D eigenvalue weighted by atomic mass is 10.1. The zero-order valence-corrected chi connectivity index (χ0v) is 16.5. The van der Waals surface area contributed by atoms with Crippen molar-refractivity contribution in [1.82, 2.24) is 9.97 Å². The second-order valence-corrected chi connectivity index (χ2v) is 7.01. The molecule has 1 heterocycles. The molecular formula is C23H18ClN3O2. The van der Waals surface area contributed by atoms with Crippen LogP contribution in [0.5, 0.6) is 5.88 Å². The molecule has 0 bridgehead atoms. The number of para-hydroxylation sites is 1. The molecule has 1 N–H and O–H groups in total. The first-order valence-electron chi connectivity index (χ1n) is 9.09. The number of nitrogens with one attached hydrogen (secondary N) is 1. The molecule has 5 nitrogen and oxygen atoms in total. The van der Waals surface area contributed by atoms with E-state index in [-0.39, 0.29) is 5.91 Å². The van der Waals surface area contributed by atoms with E-state index in [0.29, 0.717) is 28.8 Å². The van der Waals surface area contributed by atoms with Gasteiger partial charge in [-0.2, -0.15) is 0 Å². The third-order valence-electron chi connectivity index (χ3n) is 4.51. The molecule has 0 saturated carbocycles. The Hall–Kier alpha value is -3.44. The Balaban J connectivity index is 1.42. The lowest BCUT2D eigenvalue weighted by molar-refractivity contribution is 0.102. The SMILES string of the molecule is Cc1cc(NC(=O)c2ccc(COc3ncnc4ccccc34)cc2)ccc1Cl. The Morgan fingerprint density at radius 3 is 2.62 bits per heavy atom. The van der Waals surface area contributed by atoms with Gasteiger partial charge in [0, 0.05) is 16.3 Å². The van der Waals surface area contributed by atoms with Crippen molar-refractivity contribution in [3.05, 3.63) is 94.8 Å². The highest BCUT2D eigenvalue weighted by Crippen LogP contribution is 2.22. The van der Waals surface area contributed by atoms with Crippen LogP contribution < -0.4 is 10.1 Å². The normalized spacial score (nSPS) is 10.7. The van der Waals surface area contributed by atoms with Crippen LogP contribution in [0.15, 0.2) is 73.1 Å². The number of ether oxygens (including phenoxy) is 1. The molecule has 0 aliphatic carbocycles. The van der Waals surface area contributed by atoms with Crippen LogP contribution in [-0.2, 0) is 6.61 Å². The monoisotopic (exact) mass is 403 g/mol. The Morgan fingerprint density at radius 1 is 1.03 bits per heavy atom. The van der Waals surface area contributed by atoms with Gasteiger partial charge in [-0.3, -0.25) is 4.79 Å². The predicted octanol–water partition coefficient (Wildman–Crippen LogP) is 5.42. The number of anilines is 1. The van der Waals surface area contributed by atoms with E-state index >= 15 is 0 Å². The van der Waals surface area contributed by atoms with E-state index in [2.05, 4.69) is 15.3 Å². The van der Waals surface area contributed by atoms with Gasteiger partial charge in [0.25, 0.3) is 5.91 Å². The van der Waals surface area contributed by atoms with Crippen LogP contribution in [0.3, 0.4) is 0 Å². The number of hydrogen-bond donors (Lipinski definition) is 1. The van der Waals surface area contributed by atoms with Gasteiger partial charge in [-0.1, -0.05) is 35.9 Å². The van der Waals surface area contributed by atoms with Crippen LogP contribution in [0.25, 0.3) is 10.9 Å². The molecule has 0 aliphatic heterocycles. The summed E-state index contributed by atoms with van der Waals surface area (Å²) in [6.45, 7) is 2.24. The summed E-state index contributed by atoms with van der Waals surface area (Å²) in [5, 5.41) is 4.41. The quantitative estimate of drug-likeness (QED) is 0.483. The fourth-order valence-corrected chi connectivity index (χ4v) is 3.04. The van der Waals surface area contributed by atoms with Gasteiger partial charge in [-0.05, 0) is 60.5 Å². The van der Waals surface area contributed by atoms with Crippen molar-refractivity contribution in [3.63, 3.8) is 0 Å². The summed E-state index contributed by atoms with van der Waals surface area (Å²) in [5.41, 5.74) is 3.96. The van der Waals surface area contributed by atoms with Gasteiger partial charge in [0.05, 0.1) is 10.9 Å². The van der Waals surface area contributed by atoms with Crippen molar-refractivity contribution in [2.75, 3.05) is 5.32 Å². The second-order valence-electron chi connectivity index (χ2n) is 6.60. The standard InChI is InChI=1S/C23H18ClN3O2/c1-15-12-18(10-11-20(15)24)27-22(28)17-8-6-16(7-9-17)13-29-23-19-4-2-3-5-21(19)25-14-26-23/h2-12,14H,13H2,1H3,(H,27,28). The summed E-state index contributed by atoms with van der Waals surface area (Å²) in [6.07, 6.45) is 1.49. The van der Waals surface area contributed by atoms with Gasteiger partial charge in [0.15, 0.2) is 0 Å². The minimum Gasteiger partial charge on any atom is -0.472 e. The predicted molar refractivity (Wildman–Crippen MR) is 114 cm³/mol.